The fourth-order valence-corrected chi connectivity index (χ4v) is 4.67. The number of likely N-dealkylation sites (tertiary alicyclic amines) is 1. The molecule has 1 aromatic carbocycles. The lowest BCUT2D eigenvalue weighted by atomic mass is 10.0. The van der Waals surface area contributed by atoms with E-state index in [2.05, 4.69) is 21.9 Å². The van der Waals surface area contributed by atoms with Crippen LogP contribution in [0.2, 0.25) is 0 Å². The summed E-state index contributed by atoms with van der Waals surface area (Å²) in [6.45, 7) is 3.03. The SMILES string of the molecule is Cc1cnc2ccc(-c3nc(C(=O)CC[C@H]4CCCN4C)c(N)nc3-c3ccc(F)cc3)cn12. The molecule has 1 fully saturated rings. The second kappa shape index (κ2) is 8.95. The van der Waals surface area contributed by atoms with Gasteiger partial charge in [-0.1, -0.05) is 0 Å². The van der Waals surface area contributed by atoms with Crippen LogP contribution in [0.3, 0.4) is 0 Å². The van der Waals surface area contributed by atoms with Crippen molar-refractivity contribution in [2.45, 2.75) is 38.6 Å². The molecule has 8 heteroatoms. The first-order chi connectivity index (χ1) is 16.4. The van der Waals surface area contributed by atoms with Crippen LogP contribution in [0.1, 0.15) is 41.9 Å². The van der Waals surface area contributed by atoms with Gasteiger partial charge in [0.15, 0.2) is 11.6 Å². The topological polar surface area (TPSA) is 89.4 Å². The number of aromatic nitrogens is 4. The number of nitrogens with zero attached hydrogens (tertiary/aromatic N) is 5. The molecule has 1 saturated heterocycles. The zero-order chi connectivity index (χ0) is 23.8. The number of hydrogen-bond acceptors (Lipinski definition) is 6. The van der Waals surface area contributed by atoms with Gasteiger partial charge in [0.1, 0.15) is 17.2 Å². The van der Waals surface area contributed by atoms with Gasteiger partial charge in [-0.3, -0.25) is 4.79 Å². The molecule has 1 aliphatic heterocycles. The number of pyridine rings is 1. The minimum Gasteiger partial charge on any atom is -0.382 e. The lowest BCUT2D eigenvalue weighted by Gasteiger charge is -2.19. The lowest BCUT2D eigenvalue weighted by molar-refractivity contribution is 0.0966. The van der Waals surface area contributed by atoms with Gasteiger partial charge in [0.25, 0.3) is 0 Å². The van der Waals surface area contributed by atoms with E-state index < -0.39 is 0 Å². The highest BCUT2D eigenvalue weighted by atomic mass is 19.1. The Balaban J connectivity index is 1.58. The molecule has 0 saturated carbocycles. The Morgan fingerprint density at radius 1 is 1.12 bits per heavy atom. The van der Waals surface area contributed by atoms with Crippen molar-refractivity contribution in [2.75, 3.05) is 19.3 Å². The second-order valence-electron chi connectivity index (χ2n) is 8.95. The number of hydrogen-bond donors (Lipinski definition) is 1. The summed E-state index contributed by atoms with van der Waals surface area (Å²) in [4.78, 5) is 29.2. The number of aryl methyl sites for hydroxylation is 1. The average Bonchev–Trinajstić information content (AvgIpc) is 3.42. The quantitative estimate of drug-likeness (QED) is 0.427. The van der Waals surface area contributed by atoms with Crippen LogP contribution in [0.25, 0.3) is 28.2 Å². The van der Waals surface area contributed by atoms with Crippen LogP contribution in [0.5, 0.6) is 0 Å². The average molecular weight is 459 g/mol. The van der Waals surface area contributed by atoms with Crippen LogP contribution in [0.4, 0.5) is 10.2 Å². The number of imidazole rings is 1. The number of fused-ring (bicyclic) bond motifs is 1. The van der Waals surface area contributed by atoms with Crippen LogP contribution in [-0.4, -0.2) is 49.7 Å². The van der Waals surface area contributed by atoms with Crippen LogP contribution >= 0.6 is 0 Å². The Hall–Kier alpha value is -3.65. The third kappa shape index (κ3) is 4.17. The Kier molecular flexibility index (Phi) is 5.83. The number of ketones is 1. The van der Waals surface area contributed by atoms with Gasteiger partial charge < -0.3 is 15.0 Å². The fourth-order valence-electron chi connectivity index (χ4n) is 4.67. The van der Waals surface area contributed by atoms with E-state index in [-0.39, 0.29) is 23.1 Å². The highest BCUT2D eigenvalue weighted by Gasteiger charge is 2.24. The first kappa shape index (κ1) is 22.2. The van der Waals surface area contributed by atoms with E-state index in [1.807, 2.05) is 29.7 Å². The fraction of sp³-hybridized carbons (Fsp3) is 0.308. The van der Waals surface area contributed by atoms with E-state index in [1.165, 1.54) is 12.1 Å². The lowest BCUT2D eigenvalue weighted by Crippen LogP contribution is -2.25. The third-order valence-electron chi connectivity index (χ3n) is 6.64. The maximum absolute atomic E-state index is 13.6. The van der Waals surface area contributed by atoms with Crippen molar-refractivity contribution >= 4 is 17.2 Å². The predicted molar refractivity (Wildman–Crippen MR) is 130 cm³/mol. The summed E-state index contributed by atoms with van der Waals surface area (Å²) in [5.74, 6) is -0.366. The van der Waals surface area contributed by atoms with E-state index in [9.17, 15) is 9.18 Å². The summed E-state index contributed by atoms with van der Waals surface area (Å²) in [6, 6.07) is 10.2. The summed E-state index contributed by atoms with van der Waals surface area (Å²) >= 11 is 0. The van der Waals surface area contributed by atoms with Crippen LogP contribution < -0.4 is 5.73 Å². The summed E-state index contributed by atoms with van der Waals surface area (Å²) in [6.07, 6.45) is 7.11. The Labute approximate surface area is 197 Å². The van der Waals surface area contributed by atoms with Crippen LogP contribution in [0.15, 0.2) is 48.8 Å². The van der Waals surface area contributed by atoms with Gasteiger partial charge in [0.05, 0.1) is 11.4 Å². The molecule has 0 unspecified atom stereocenters. The number of nitrogens with two attached hydrogens (primary N) is 1. The molecule has 34 heavy (non-hydrogen) atoms. The van der Waals surface area contributed by atoms with Crippen LogP contribution in [0, 0.1) is 12.7 Å². The van der Waals surface area contributed by atoms with Gasteiger partial charge in [-0.15, -0.1) is 0 Å². The second-order valence-corrected chi connectivity index (χ2v) is 8.95. The minimum atomic E-state index is -0.342. The molecule has 3 aromatic heterocycles. The summed E-state index contributed by atoms with van der Waals surface area (Å²) in [7, 11) is 2.10. The molecule has 2 N–H and O–H groups in total. The van der Waals surface area contributed by atoms with Crippen molar-refractivity contribution in [1.29, 1.82) is 0 Å². The van der Waals surface area contributed by atoms with Crippen LogP contribution in [-0.2, 0) is 0 Å². The highest BCUT2D eigenvalue weighted by Crippen LogP contribution is 2.32. The van der Waals surface area contributed by atoms with E-state index in [1.54, 1.807) is 18.3 Å². The Morgan fingerprint density at radius 2 is 1.85 bits per heavy atom. The predicted octanol–water partition coefficient (Wildman–Crippen LogP) is 4.55. The number of carbonyl (C=O) groups is 1. The zero-order valence-electron chi connectivity index (χ0n) is 19.3. The van der Waals surface area contributed by atoms with Crippen molar-refractivity contribution in [3.05, 3.63) is 66.0 Å². The summed E-state index contributed by atoms with van der Waals surface area (Å²) in [5.41, 5.74) is 10.7. The van der Waals surface area contributed by atoms with Crippen molar-refractivity contribution < 1.29 is 9.18 Å². The summed E-state index contributed by atoms with van der Waals surface area (Å²) < 4.78 is 15.5. The number of rotatable bonds is 6. The van der Waals surface area contributed by atoms with Crippen molar-refractivity contribution in [2.24, 2.45) is 0 Å². The molecule has 4 heterocycles. The van der Waals surface area contributed by atoms with Gasteiger partial charge in [-0.05, 0) is 76.2 Å². The number of carbonyl (C=O) groups excluding carboxylic acids is 1. The molecule has 0 aliphatic carbocycles. The monoisotopic (exact) mass is 458 g/mol. The zero-order valence-corrected chi connectivity index (χ0v) is 19.3. The van der Waals surface area contributed by atoms with Gasteiger partial charge >= 0.3 is 0 Å². The van der Waals surface area contributed by atoms with Crippen molar-refractivity contribution in [3.8, 4) is 22.5 Å². The number of Topliss-reactive ketones (excluding diaryl/α,β-unsaturated/α-hetero) is 1. The van der Waals surface area contributed by atoms with E-state index >= 15 is 0 Å². The highest BCUT2D eigenvalue weighted by molar-refractivity contribution is 5.99. The smallest absolute Gasteiger partial charge is 0.185 e. The van der Waals surface area contributed by atoms with E-state index in [0.717, 1.165) is 42.7 Å². The molecule has 0 amide bonds. The molecule has 1 aliphatic rings. The third-order valence-corrected chi connectivity index (χ3v) is 6.64. The number of benzene rings is 1. The number of anilines is 1. The maximum Gasteiger partial charge on any atom is 0.185 e. The largest absolute Gasteiger partial charge is 0.382 e. The van der Waals surface area contributed by atoms with Gasteiger partial charge in [-0.2, -0.15) is 0 Å². The molecule has 5 rings (SSSR count). The number of halogens is 1. The molecule has 0 spiro atoms. The first-order valence-electron chi connectivity index (χ1n) is 11.5. The van der Waals surface area contributed by atoms with Gasteiger partial charge in [0.2, 0.25) is 0 Å². The normalized spacial score (nSPS) is 16.4. The first-order valence-corrected chi connectivity index (χ1v) is 11.5. The molecular formula is C26H27FN6O. The molecular weight excluding hydrogens is 431 g/mol. The number of nitrogen functional groups attached to an aromatic ring is 1. The summed E-state index contributed by atoms with van der Waals surface area (Å²) in [5, 5.41) is 0. The van der Waals surface area contributed by atoms with E-state index in [0.29, 0.717) is 29.4 Å². The molecule has 174 valence electrons. The van der Waals surface area contributed by atoms with Crippen molar-refractivity contribution in [3.63, 3.8) is 0 Å². The minimum absolute atomic E-state index is 0.0905. The molecule has 4 aromatic rings. The van der Waals surface area contributed by atoms with Gasteiger partial charge in [-0.25, -0.2) is 19.3 Å². The van der Waals surface area contributed by atoms with Crippen molar-refractivity contribution in [1.82, 2.24) is 24.3 Å². The standard InChI is InChI=1S/C26H27FN6O/c1-16-14-29-22-12-7-18(15-33(16)22)24-23(17-5-8-19(27)9-6-17)31-26(28)25(30-24)21(34)11-10-20-4-3-13-32(20)2/h5-9,12,14-15,20H,3-4,10-11,13H2,1-2H3,(H2,28,31)/t20-/m1/s1. The Bertz CT molecular complexity index is 1360. The Morgan fingerprint density at radius 3 is 2.59 bits per heavy atom. The molecule has 1 atom stereocenters. The molecule has 7 nitrogen and oxygen atoms in total. The molecule has 0 bridgehead atoms. The van der Waals surface area contributed by atoms with E-state index in [4.69, 9.17) is 10.7 Å². The molecule has 0 radical (unpaired) electrons. The maximum atomic E-state index is 13.6. The van der Waals surface area contributed by atoms with Gasteiger partial charge in [0, 0.05) is 41.7 Å².